The molecule has 98 valence electrons. The predicted molar refractivity (Wildman–Crippen MR) is 66.6 cm³/mol. The molecule has 1 aromatic rings. The smallest absolute Gasteiger partial charge is 0.325 e. The molecule has 0 fully saturated rings. The molecule has 0 unspecified atom stereocenters. The van der Waals surface area contributed by atoms with Gasteiger partial charge in [0.25, 0.3) is 5.91 Å². The van der Waals surface area contributed by atoms with Gasteiger partial charge in [0.05, 0.1) is 19.3 Å². The van der Waals surface area contributed by atoms with E-state index in [2.05, 4.69) is 5.32 Å². The molecule has 0 aliphatic carbocycles. The number of anilines is 1. The van der Waals surface area contributed by atoms with E-state index >= 15 is 0 Å². The quantitative estimate of drug-likeness (QED) is 0.730. The number of amides is 1. The summed E-state index contributed by atoms with van der Waals surface area (Å²) in [5.41, 5.74) is 5.98. The van der Waals surface area contributed by atoms with Crippen LogP contribution in [0.3, 0.4) is 0 Å². The van der Waals surface area contributed by atoms with Gasteiger partial charge in [0.2, 0.25) is 0 Å². The number of benzene rings is 1. The molecule has 1 rings (SSSR count). The number of esters is 1. The molecular formula is C12H16N2O4. The molecule has 6 heteroatoms. The lowest BCUT2D eigenvalue weighted by Gasteiger charge is -2.11. The maximum atomic E-state index is 11.3. The molecule has 0 radical (unpaired) electrons. The Kier molecular flexibility index (Phi) is 4.98. The first-order valence-corrected chi connectivity index (χ1v) is 5.45. The topological polar surface area (TPSA) is 90.7 Å². The second-order valence-corrected chi connectivity index (χ2v) is 3.43. The molecule has 0 atom stereocenters. The van der Waals surface area contributed by atoms with Crippen molar-refractivity contribution in [1.29, 1.82) is 0 Å². The van der Waals surface area contributed by atoms with Crippen molar-refractivity contribution >= 4 is 17.6 Å². The van der Waals surface area contributed by atoms with Crippen molar-refractivity contribution < 1.29 is 19.1 Å². The molecule has 0 aliphatic rings. The molecule has 6 nitrogen and oxygen atoms in total. The number of nitrogens with two attached hydrogens (primary N) is 1. The highest BCUT2D eigenvalue weighted by Gasteiger charge is 2.11. The Hall–Kier alpha value is -2.24. The van der Waals surface area contributed by atoms with Crippen LogP contribution >= 0.6 is 0 Å². The number of hydrogen-bond donors (Lipinski definition) is 2. The van der Waals surface area contributed by atoms with Crippen LogP contribution in [0.1, 0.15) is 17.3 Å². The Bertz CT molecular complexity index is 446. The van der Waals surface area contributed by atoms with Crippen LogP contribution in [0.5, 0.6) is 5.75 Å². The van der Waals surface area contributed by atoms with Crippen molar-refractivity contribution in [3.63, 3.8) is 0 Å². The predicted octanol–water partition coefficient (Wildman–Crippen LogP) is 0.769. The Morgan fingerprint density at radius 3 is 2.67 bits per heavy atom. The first kappa shape index (κ1) is 13.8. The van der Waals surface area contributed by atoms with Gasteiger partial charge in [-0.25, -0.2) is 0 Å². The number of ether oxygens (including phenoxy) is 2. The summed E-state index contributed by atoms with van der Waals surface area (Å²) in [5, 5.41) is 2.80. The van der Waals surface area contributed by atoms with Crippen molar-refractivity contribution in [1.82, 2.24) is 0 Å². The van der Waals surface area contributed by atoms with E-state index in [-0.39, 0.29) is 12.1 Å². The summed E-state index contributed by atoms with van der Waals surface area (Å²) < 4.78 is 9.76. The number of carbonyl (C=O) groups is 2. The fourth-order valence-corrected chi connectivity index (χ4v) is 1.39. The molecule has 0 aromatic heterocycles. The number of primary amides is 1. The van der Waals surface area contributed by atoms with Crippen LogP contribution in [-0.4, -0.2) is 32.1 Å². The van der Waals surface area contributed by atoms with E-state index in [1.54, 1.807) is 19.1 Å². The molecule has 18 heavy (non-hydrogen) atoms. The van der Waals surface area contributed by atoms with Gasteiger partial charge in [-0.2, -0.15) is 0 Å². The number of rotatable bonds is 6. The maximum absolute atomic E-state index is 11.3. The van der Waals surface area contributed by atoms with E-state index in [0.29, 0.717) is 18.0 Å². The average Bonchev–Trinajstić information content (AvgIpc) is 2.36. The van der Waals surface area contributed by atoms with E-state index in [0.717, 1.165) is 0 Å². The third-order valence-electron chi connectivity index (χ3n) is 2.22. The summed E-state index contributed by atoms with van der Waals surface area (Å²) in [6.07, 6.45) is 0. The normalized spacial score (nSPS) is 9.67. The molecule has 3 N–H and O–H groups in total. The number of nitrogens with one attached hydrogen (secondary N) is 1. The van der Waals surface area contributed by atoms with Crippen molar-refractivity contribution in [3.8, 4) is 5.75 Å². The molecule has 0 bridgehead atoms. The van der Waals surface area contributed by atoms with Gasteiger partial charge in [0, 0.05) is 5.69 Å². The van der Waals surface area contributed by atoms with E-state index in [4.69, 9.17) is 15.2 Å². The average molecular weight is 252 g/mol. The summed E-state index contributed by atoms with van der Waals surface area (Å²) in [6, 6.07) is 4.80. The van der Waals surface area contributed by atoms with Crippen molar-refractivity contribution in [3.05, 3.63) is 23.8 Å². The molecule has 0 spiro atoms. The maximum Gasteiger partial charge on any atom is 0.325 e. The van der Waals surface area contributed by atoms with E-state index < -0.39 is 11.9 Å². The van der Waals surface area contributed by atoms with Gasteiger partial charge in [-0.15, -0.1) is 0 Å². The van der Waals surface area contributed by atoms with Crippen LogP contribution < -0.4 is 15.8 Å². The van der Waals surface area contributed by atoms with Crippen LogP contribution in [0.25, 0.3) is 0 Å². The van der Waals surface area contributed by atoms with Crippen molar-refractivity contribution in [2.24, 2.45) is 5.73 Å². The Morgan fingerprint density at radius 2 is 2.11 bits per heavy atom. The molecule has 0 saturated heterocycles. The molecule has 1 aromatic carbocycles. The molecule has 1 amide bonds. The minimum Gasteiger partial charge on any atom is -0.497 e. The molecule has 0 saturated carbocycles. The van der Waals surface area contributed by atoms with E-state index in [9.17, 15) is 9.59 Å². The van der Waals surface area contributed by atoms with Gasteiger partial charge >= 0.3 is 5.97 Å². The largest absolute Gasteiger partial charge is 0.497 e. The van der Waals surface area contributed by atoms with Crippen molar-refractivity contribution in [2.75, 3.05) is 25.6 Å². The number of carbonyl (C=O) groups excluding carboxylic acids is 2. The third kappa shape index (κ3) is 3.65. The highest BCUT2D eigenvalue weighted by atomic mass is 16.5. The highest BCUT2D eigenvalue weighted by molar-refractivity contribution is 5.99. The van der Waals surface area contributed by atoms with Crippen LogP contribution in [0, 0.1) is 0 Å². The van der Waals surface area contributed by atoms with Crippen LogP contribution in [0.15, 0.2) is 18.2 Å². The number of hydrogen-bond acceptors (Lipinski definition) is 5. The zero-order valence-corrected chi connectivity index (χ0v) is 10.4. The lowest BCUT2D eigenvalue weighted by atomic mass is 10.1. The molecule has 0 aliphatic heterocycles. The monoisotopic (exact) mass is 252 g/mol. The van der Waals surface area contributed by atoms with Gasteiger partial charge in [0.1, 0.15) is 12.3 Å². The lowest BCUT2D eigenvalue weighted by Crippen LogP contribution is -2.20. The fraction of sp³-hybridized carbons (Fsp3) is 0.333. The first-order chi connectivity index (χ1) is 8.58. The third-order valence-corrected chi connectivity index (χ3v) is 2.22. The molecular weight excluding hydrogens is 236 g/mol. The van der Waals surface area contributed by atoms with Crippen molar-refractivity contribution in [2.45, 2.75) is 6.92 Å². The minimum atomic E-state index is -0.597. The Balaban J connectivity index is 2.81. The summed E-state index contributed by atoms with van der Waals surface area (Å²) in [6.45, 7) is 2.01. The van der Waals surface area contributed by atoms with Gasteiger partial charge in [-0.1, -0.05) is 0 Å². The highest BCUT2D eigenvalue weighted by Crippen LogP contribution is 2.21. The standard InChI is InChI=1S/C12H16N2O4/c1-3-18-11(15)7-14-10-5-4-8(17-2)6-9(10)12(13)16/h4-6,14H,3,7H2,1-2H3,(H2,13,16). The first-order valence-electron chi connectivity index (χ1n) is 5.45. The van der Waals surface area contributed by atoms with Gasteiger partial charge in [-0.3, -0.25) is 9.59 Å². The molecule has 0 heterocycles. The van der Waals surface area contributed by atoms with E-state index in [1.165, 1.54) is 13.2 Å². The number of methoxy groups -OCH3 is 1. The Labute approximate surface area is 105 Å². The zero-order chi connectivity index (χ0) is 13.5. The minimum absolute atomic E-state index is 0.0273. The Morgan fingerprint density at radius 1 is 1.39 bits per heavy atom. The summed E-state index contributed by atoms with van der Waals surface area (Å²) >= 11 is 0. The second-order valence-electron chi connectivity index (χ2n) is 3.43. The summed E-state index contributed by atoms with van der Waals surface area (Å²) in [4.78, 5) is 22.5. The fourth-order valence-electron chi connectivity index (χ4n) is 1.39. The van der Waals surface area contributed by atoms with Gasteiger partial charge < -0.3 is 20.5 Å². The van der Waals surface area contributed by atoms with Crippen LogP contribution in [0.2, 0.25) is 0 Å². The lowest BCUT2D eigenvalue weighted by molar-refractivity contribution is -0.140. The summed E-state index contributed by atoms with van der Waals surface area (Å²) in [7, 11) is 1.49. The van der Waals surface area contributed by atoms with Gasteiger partial charge in [0.15, 0.2) is 0 Å². The van der Waals surface area contributed by atoms with Crippen LogP contribution in [-0.2, 0) is 9.53 Å². The SMILES string of the molecule is CCOC(=O)CNc1ccc(OC)cc1C(N)=O. The van der Waals surface area contributed by atoms with Gasteiger partial charge in [-0.05, 0) is 25.1 Å². The summed E-state index contributed by atoms with van der Waals surface area (Å²) in [5.74, 6) is -0.477. The zero-order valence-electron chi connectivity index (χ0n) is 10.4. The van der Waals surface area contributed by atoms with Crippen LogP contribution in [0.4, 0.5) is 5.69 Å². The second kappa shape index (κ2) is 6.48. The van der Waals surface area contributed by atoms with E-state index in [1.807, 2.05) is 0 Å².